The van der Waals surface area contributed by atoms with Crippen LogP contribution in [0.15, 0.2) is 12.1 Å². The Balaban J connectivity index is 2.86. The predicted molar refractivity (Wildman–Crippen MR) is 104 cm³/mol. The van der Waals surface area contributed by atoms with Crippen LogP contribution >= 0.6 is 0 Å². The minimum atomic E-state index is 0.219. The maximum atomic E-state index is 9.42. The van der Waals surface area contributed by atoms with Crippen LogP contribution in [0.25, 0.3) is 0 Å². The van der Waals surface area contributed by atoms with Gasteiger partial charge in [-0.05, 0) is 60.8 Å². The molecular formula is C22H38O2. The molecule has 0 unspecified atom stereocenters. The first kappa shape index (κ1) is 21.2. The molecule has 0 amide bonds. The number of rotatable bonds is 14. The summed E-state index contributed by atoms with van der Waals surface area (Å²) in [4.78, 5) is 0. The van der Waals surface area contributed by atoms with Gasteiger partial charge in [0.25, 0.3) is 0 Å². The van der Waals surface area contributed by atoms with E-state index in [1.54, 1.807) is 0 Å². The molecule has 2 N–H and O–H groups in total. The van der Waals surface area contributed by atoms with E-state index in [1.165, 1.54) is 73.6 Å². The quantitative estimate of drug-likeness (QED) is 0.470. The van der Waals surface area contributed by atoms with Crippen molar-refractivity contribution in [2.75, 3.05) is 13.2 Å². The second kappa shape index (κ2) is 13.4. The van der Waals surface area contributed by atoms with E-state index in [-0.39, 0.29) is 13.2 Å². The maximum absolute atomic E-state index is 9.42. The van der Waals surface area contributed by atoms with Crippen LogP contribution in [0.1, 0.15) is 87.5 Å². The Bertz CT molecular complexity index is 398. The number of aliphatic hydroxyl groups is 2. The van der Waals surface area contributed by atoms with E-state index >= 15 is 0 Å². The average molecular weight is 335 g/mol. The topological polar surface area (TPSA) is 40.5 Å². The number of benzene rings is 1. The second-order valence-electron chi connectivity index (χ2n) is 6.96. The van der Waals surface area contributed by atoms with Gasteiger partial charge in [0, 0.05) is 13.2 Å². The number of hydrogen-bond donors (Lipinski definition) is 2. The highest BCUT2D eigenvalue weighted by atomic mass is 16.3. The fourth-order valence-electron chi connectivity index (χ4n) is 3.45. The standard InChI is InChI=1S/C22H38O2/c1-3-5-7-9-11-19-17-22(14-16-24)20(12-10-8-6-4-2)18-21(19)13-15-23/h17-18,23-24H,3-16H2,1-2H3. The predicted octanol–water partition coefficient (Wildman–Crippen LogP) is 5.00. The number of aliphatic hydroxyl groups excluding tert-OH is 2. The van der Waals surface area contributed by atoms with Crippen molar-refractivity contribution in [2.45, 2.75) is 90.9 Å². The fraction of sp³-hybridized carbons (Fsp3) is 0.727. The van der Waals surface area contributed by atoms with Crippen molar-refractivity contribution < 1.29 is 10.2 Å². The lowest BCUT2D eigenvalue weighted by molar-refractivity contribution is 0.297. The van der Waals surface area contributed by atoms with Crippen LogP contribution in [0.4, 0.5) is 0 Å². The molecule has 0 spiro atoms. The molecule has 1 aromatic carbocycles. The lowest BCUT2D eigenvalue weighted by Crippen LogP contribution is -2.05. The molecular weight excluding hydrogens is 296 g/mol. The van der Waals surface area contributed by atoms with E-state index in [2.05, 4.69) is 26.0 Å². The molecule has 2 heteroatoms. The molecule has 24 heavy (non-hydrogen) atoms. The summed E-state index contributed by atoms with van der Waals surface area (Å²) in [6.45, 7) is 4.92. The molecule has 0 fully saturated rings. The van der Waals surface area contributed by atoms with Crippen LogP contribution in [0.2, 0.25) is 0 Å². The van der Waals surface area contributed by atoms with Crippen molar-refractivity contribution in [1.82, 2.24) is 0 Å². The summed E-state index contributed by atoms with van der Waals surface area (Å²) >= 11 is 0. The second-order valence-corrected chi connectivity index (χ2v) is 6.96. The van der Waals surface area contributed by atoms with Crippen LogP contribution in [0, 0.1) is 0 Å². The van der Waals surface area contributed by atoms with E-state index in [4.69, 9.17) is 0 Å². The molecule has 0 aliphatic carbocycles. The lowest BCUT2D eigenvalue weighted by atomic mass is 9.90. The molecule has 0 saturated heterocycles. The van der Waals surface area contributed by atoms with Crippen LogP contribution in [0.5, 0.6) is 0 Å². The van der Waals surface area contributed by atoms with Crippen molar-refractivity contribution in [3.8, 4) is 0 Å². The number of aryl methyl sites for hydroxylation is 2. The Hall–Kier alpha value is -0.860. The molecule has 1 aromatic rings. The first-order valence-corrected chi connectivity index (χ1v) is 10.1. The van der Waals surface area contributed by atoms with Gasteiger partial charge in [0.2, 0.25) is 0 Å². The zero-order chi connectivity index (χ0) is 17.6. The SMILES string of the molecule is CCCCCCc1cc(CCO)c(CCCCCC)cc1CCO. The van der Waals surface area contributed by atoms with Gasteiger partial charge in [-0.25, -0.2) is 0 Å². The van der Waals surface area contributed by atoms with Crippen LogP contribution in [0.3, 0.4) is 0 Å². The molecule has 138 valence electrons. The van der Waals surface area contributed by atoms with Crippen LogP contribution < -0.4 is 0 Å². The van der Waals surface area contributed by atoms with Crippen molar-refractivity contribution >= 4 is 0 Å². The molecule has 0 bridgehead atoms. The Morgan fingerprint density at radius 3 is 1.25 bits per heavy atom. The summed E-state index contributed by atoms with van der Waals surface area (Å²) in [6, 6.07) is 4.64. The van der Waals surface area contributed by atoms with Gasteiger partial charge in [0.15, 0.2) is 0 Å². The number of unbranched alkanes of at least 4 members (excludes halogenated alkanes) is 6. The first-order valence-electron chi connectivity index (χ1n) is 10.1. The fourth-order valence-corrected chi connectivity index (χ4v) is 3.45. The van der Waals surface area contributed by atoms with Gasteiger partial charge in [-0.1, -0.05) is 64.5 Å². The van der Waals surface area contributed by atoms with E-state index in [9.17, 15) is 10.2 Å². The van der Waals surface area contributed by atoms with Crippen LogP contribution in [-0.2, 0) is 25.7 Å². The molecule has 0 radical (unpaired) electrons. The highest BCUT2D eigenvalue weighted by Crippen LogP contribution is 2.23. The molecule has 0 saturated carbocycles. The minimum absolute atomic E-state index is 0.219. The third-order valence-corrected chi connectivity index (χ3v) is 4.88. The van der Waals surface area contributed by atoms with E-state index in [0.717, 1.165) is 25.7 Å². The lowest BCUT2D eigenvalue weighted by Gasteiger charge is -2.16. The molecule has 0 aliphatic rings. The molecule has 0 heterocycles. The van der Waals surface area contributed by atoms with Crippen molar-refractivity contribution in [3.05, 3.63) is 34.4 Å². The monoisotopic (exact) mass is 334 g/mol. The third kappa shape index (κ3) is 7.81. The number of hydrogen-bond acceptors (Lipinski definition) is 2. The summed E-state index contributed by atoms with van der Waals surface area (Å²) in [7, 11) is 0. The van der Waals surface area contributed by atoms with Gasteiger partial charge in [-0.15, -0.1) is 0 Å². The highest BCUT2D eigenvalue weighted by molar-refractivity contribution is 5.39. The van der Waals surface area contributed by atoms with Crippen molar-refractivity contribution in [3.63, 3.8) is 0 Å². The van der Waals surface area contributed by atoms with Crippen LogP contribution in [-0.4, -0.2) is 23.4 Å². The summed E-state index contributed by atoms with van der Waals surface area (Å²) < 4.78 is 0. The van der Waals surface area contributed by atoms with Gasteiger partial charge in [0.1, 0.15) is 0 Å². The van der Waals surface area contributed by atoms with Gasteiger partial charge >= 0.3 is 0 Å². The molecule has 1 rings (SSSR count). The van der Waals surface area contributed by atoms with Crippen molar-refractivity contribution in [2.24, 2.45) is 0 Å². The summed E-state index contributed by atoms with van der Waals surface area (Å²) in [5, 5.41) is 18.8. The van der Waals surface area contributed by atoms with Gasteiger partial charge in [-0.3, -0.25) is 0 Å². The van der Waals surface area contributed by atoms with E-state index < -0.39 is 0 Å². The normalized spacial score (nSPS) is 11.2. The highest BCUT2D eigenvalue weighted by Gasteiger charge is 2.10. The summed E-state index contributed by atoms with van der Waals surface area (Å²) in [6.07, 6.45) is 13.8. The van der Waals surface area contributed by atoms with Gasteiger partial charge < -0.3 is 10.2 Å². The summed E-state index contributed by atoms with van der Waals surface area (Å²) in [5.74, 6) is 0. The average Bonchev–Trinajstić information content (AvgIpc) is 2.58. The Morgan fingerprint density at radius 2 is 0.917 bits per heavy atom. The summed E-state index contributed by atoms with van der Waals surface area (Å²) in [5.41, 5.74) is 5.42. The van der Waals surface area contributed by atoms with Gasteiger partial charge in [0.05, 0.1) is 0 Å². The molecule has 0 atom stereocenters. The third-order valence-electron chi connectivity index (χ3n) is 4.88. The van der Waals surface area contributed by atoms with E-state index in [1.807, 2.05) is 0 Å². The van der Waals surface area contributed by atoms with Crippen molar-refractivity contribution in [1.29, 1.82) is 0 Å². The largest absolute Gasteiger partial charge is 0.396 e. The molecule has 2 nitrogen and oxygen atoms in total. The zero-order valence-electron chi connectivity index (χ0n) is 15.9. The Kier molecular flexibility index (Phi) is 11.9. The zero-order valence-corrected chi connectivity index (χ0v) is 15.9. The Labute approximate surface area is 149 Å². The molecule has 0 aromatic heterocycles. The maximum Gasteiger partial charge on any atom is 0.0471 e. The smallest absolute Gasteiger partial charge is 0.0471 e. The van der Waals surface area contributed by atoms with Gasteiger partial charge in [-0.2, -0.15) is 0 Å². The molecule has 0 aliphatic heterocycles. The Morgan fingerprint density at radius 1 is 0.542 bits per heavy atom. The minimum Gasteiger partial charge on any atom is -0.396 e. The van der Waals surface area contributed by atoms with E-state index in [0.29, 0.717) is 0 Å². The first-order chi connectivity index (χ1) is 11.8.